The standard InChI is InChI=1S/C17H18ClNO2/c1-11(2)13-5-3-12(4-6-13)10-21-17(20)14-7-8-16(19)15(18)9-14/h3-9,11H,10,19H2,1-2H3. The predicted molar refractivity (Wildman–Crippen MR) is 85.5 cm³/mol. The van der Waals surface area contributed by atoms with Gasteiger partial charge in [-0.1, -0.05) is 49.7 Å². The summed E-state index contributed by atoms with van der Waals surface area (Å²) in [5.41, 5.74) is 8.66. The van der Waals surface area contributed by atoms with Gasteiger partial charge in [0.2, 0.25) is 0 Å². The second-order valence-corrected chi connectivity index (χ2v) is 5.62. The van der Waals surface area contributed by atoms with Gasteiger partial charge < -0.3 is 10.5 Å². The zero-order chi connectivity index (χ0) is 15.4. The van der Waals surface area contributed by atoms with Crippen molar-refractivity contribution in [1.82, 2.24) is 0 Å². The van der Waals surface area contributed by atoms with Gasteiger partial charge in [0.1, 0.15) is 6.61 Å². The highest BCUT2D eigenvalue weighted by molar-refractivity contribution is 6.33. The molecule has 0 aliphatic carbocycles. The van der Waals surface area contributed by atoms with Crippen LogP contribution in [0.15, 0.2) is 42.5 Å². The number of esters is 1. The van der Waals surface area contributed by atoms with E-state index in [2.05, 4.69) is 13.8 Å². The van der Waals surface area contributed by atoms with Gasteiger partial charge in [-0.3, -0.25) is 0 Å². The topological polar surface area (TPSA) is 52.3 Å². The van der Waals surface area contributed by atoms with Crippen molar-refractivity contribution >= 4 is 23.3 Å². The fourth-order valence-electron chi connectivity index (χ4n) is 1.89. The molecule has 0 spiro atoms. The van der Waals surface area contributed by atoms with Crippen LogP contribution in [-0.2, 0) is 11.3 Å². The largest absolute Gasteiger partial charge is 0.457 e. The van der Waals surface area contributed by atoms with E-state index in [0.717, 1.165) is 5.56 Å². The van der Waals surface area contributed by atoms with Gasteiger partial charge in [-0.05, 0) is 35.2 Å². The van der Waals surface area contributed by atoms with Crippen molar-refractivity contribution in [3.05, 3.63) is 64.2 Å². The lowest BCUT2D eigenvalue weighted by atomic mass is 10.0. The van der Waals surface area contributed by atoms with E-state index in [1.165, 1.54) is 11.6 Å². The van der Waals surface area contributed by atoms with Crippen molar-refractivity contribution in [1.29, 1.82) is 0 Å². The summed E-state index contributed by atoms with van der Waals surface area (Å²) in [5.74, 6) is 0.0726. The fraction of sp³-hybridized carbons (Fsp3) is 0.235. The molecule has 0 saturated carbocycles. The summed E-state index contributed by atoms with van der Waals surface area (Å²) in [7, 11) is 0. The van der Waals surface area contributed by atoms with Crippen LogP contribution in [0.1, 0.15) is 41.3 Å². The maximum atomic E-state index is 11.9. The van der Waals surface area contributed by atoms with Crippen LogP contribution in [-0.4, -0.2) is 5.97 Å². The number of rotatable bonds is 4. The van der Waals surface area contributed by atoms with Gasteiger partial charge in [-0.25, -0.2) is 4.79 Å². The second-order valence-electron chi connectivity index (χ2n) is 5.21. The quantitative estimate of drug-likeness (QED) is 0.672. The molecule has 0 aliphatic heterocycles. The Hall–Kier alpha value is -2.00. The van der Waals surface area contributed by atoms with Crippen molar-refractivity contribution in [3.63, 3.8) is 0 Å². The number of benzene rings is 2. The molecule has 2 N–H and O–H groups in total. The van der Waals surface area contributed by atoms with Crippen LogP contribution >= 0.6 is 11.6 Å². The Labute approximate surface area is 129 Å². The van der Waals surface area contributed by atoms with E-state index in [1.807, 2.05) is 24.3 Å². The number of carbonyl (C=O) groups excluding carboxylic acids is 1. The number of carbonyl (C=O) groups is 1. The van der Waals surface area contributed by atoms with Crippen molar-refractivity contribution in [2.45, 2.75) is 26.4 Å². The van der Waals surface area contributed by atoms with E-state index in [1.54, 1.807) is 12.1 Å². The molecule has 0 saturated heterocycles. The second kappa shape index (κ2) is 6.64. The maximum Gasteiger partial charge on any atom is 0.338 e. The minimum atomic E-state index is -0.412. The average molecular weight is 304 g/mol. The molecule has 0 aromatic heterocycles. The molecule has 110 valence electrons. The Morgan fingerprint density at radius 1 is 1.19 bits per heavy atom. The summed E-state index contributed by atoms with van der Waals surface area (Å²) in [6.07, 6.45) is 0. The Morgan fingerprint density at radius 3 is 2.43 bits per heavy atom. The molecule has 2 rings (SSSR count). The molecule has 0 heterocycles. The van der Waals surface area contributed by atoms with Gasteiger partial charge in [0.05, 0.1) is 16.3 Å². The first kappa shape index (κ1) is 15.4. The molecular formula is C17H18ClNO2. The summed E-state index contributed by atoms with van der Waals surface area (Å²) in [5, 5.41) is 0.353. The fourth-order valence-corrected chi connectivity index (χ4v) is 2.07. The minimum Gasteiger partial charge on any atom is -0.457 e. The molecule has 3 nitrogen and oxygen atoms in total. The number of hydrogen-bond acceptors (Lipinski definition) is 3. The molecule has 0 bridgehead atoms. The number of ether oxygens (including phenoxy) is 1. The summed E-state index contributed by atoms with van der Waals surface area (Å²) in [4.78, 5) is 11.9. The van der Waals surface area contributed by atoms with Crippen LogP contribution in [0.4, 0.5) is 5.69 Å². The highest BCUT2D eigenvalue weighted by atomic mass is 35.5. The SMILES string of the molecule is CC(C)c1ccc(COC(=O)c2ccc(N)c(Cl)c2)cc1. The van der Waals surface area contributed by atoms with Crippen LogP contribution in [0.2, 0.25) is 5.02 Å². The van der Waals surface area contributed by atoms with E-state index >= 15 is 0 Å². The van der Waals surface area contributed by atoms with Crippen molar-refractivity contribution < 1.29 is 9.53 Å². The van der Waals surface area contributed by atoms with Crippen molar-refractivity contribution in [3.8, 4) is 0 Å². The molecule has 0 fully saturated rings. The first-order chi connectivity index (χ1) is 9.97. The first-order valence-electron chi connectivity index (χ1n) is 6.78. The van der Waals surface area contributed by atoms with E-state index in [-0.39, 0.29) is 6.61 Å². The smallest absolute Gasteiger partial charge is 0.338 e. The third-order valence-electron chi connectivity index (χ3n) is 3.25. The normalized spacial score (nSPS) is 10.7. The van der Waals surface area contributed by atoms with Gasteiger partial charge in [-0.2, -0.15) is 0 Å². The molecule has 2 aromatic rings. The zero-order valence-corrected chi connectivity index (χ0v) is 12.9. The number of anilines is 1. The van der Waals surface area contributed by atoms with Crippen LogP contribution in [0.25, 0.3) is 0 Å². The predicted octanol–water partition coefficient (Wildman–Crippen LogP) is 4.40. The molecule has 0 aliphatic rings. The van der Waals surface area contributed by atoms with Crippen LogP contribution in [0.3, 0.4) is 0 Å². The molecule has 0 radical (unpaired) electrons. The Balaban J connectivity index is 1.98. The zero-order valence-electron chi connectivity index (χ0n) is 12.1. The van der Waals surface area contributed by atoms with E-state index in [0.29, 0.717) is 22.2 Å². The summed E-state index contributed by atoms with van der Waals surface area (Å²) in [6, 6.07) is 12.8. The Kier molecular flexibility index (Phi) is 4.86. The van der Waals surface area contributed by atoms with Crippen LogP contribution in [0.5, 0.6) is 0 Å². The van der Waals surface area contributed by atoms with E-state index in [4.69, 9.17) is 22.1 Å². The van der Waals surface area contributed by atoms with E-state index in [9.17, 15) is 4.79 Å². The molecule has 0 unspecified atom stereocenters. The molecule has 21 heavy (non-hydrogen) atoms. The summed E-state index contributed by atoms with van der Waals surface area (Å²) < 4.78 is 5.27. The molecule has 2 aromatic carbocycles. The van der Waals surface area contributed by atoms with Gasteiger partial charge in [-0.15, -0.1) is 0 Å². The van der Waals surface area contributed by atoms with Crippen molar-refractivity contribution in [2.24, 2.45) is 0 Å². The Morgan fingerprint density at radius 2 is 1.86 bits per heavy atom. The van der Waals surface area contributed by atoms with Crippen LogP contribution < -0.4 is 5.73 Å². The number of nitrogen functional groups attached to an aromatic ring is 1. The number of nitrogens with two attached hydrogens (primary N) is 1. The third-order valence-corrected chi connectivity index (χ3v) is 3.58. The van der Waals surface area contributed by atoms with Crippen LogP contribution in [0, 0.1) is 0 Å². The van der Waals surface area contributed by atoms with E-state index < -0.39 is 5.97 Å². The number of halogens is 1. The molecule has 0 atom stereocenters. The highest BCUT2D eigenvalue weighted by Gasteiger charge is 2.09. The van der Waals surface area contributed by atoms with Gasteiger partial charge in [0, 0.05) is 0 Å². The Bertz CT molecular complexity index is 636. The average Bonchev–Trinajstić information content (AvgIpc) is 2.48. The lowest BCUT2D eigenvalue weighted by Gasteiger charge is -2.08. The summed E-state index contributed by atoms with van der Waals surface area (Å²) in [6.45, 7) is 4.51. The lowest BCUT2D eigenvalue weighted by Crippen LogP contribution is -2.05. The van der Waals surface area contributed by atoms with Crippen molar-refractivity contribution in [2.75, 3.05) is 5.73 Å². The summed E-state index contributed by atoms with van der Waals surface area (Å²) >= 11 is 5.89. The monoisotopic (exact) mass is 303 g/mol. The molecule has 0 amide bonds. The third kappa shape index (κ3) is 3.99. The molecule has 4 heteroatoms. The number of hydrogen-bond donors (Lipinski definition) is 1. The molecular weight excluding hydrogens is 286 g/mol. The highest BCUT2D eigenvalue weighted by Crippen LogP contribution is 2.20. The van der Waals surface area contributed by atoms with Gasteiger partial charge in [0.15, 0.2) is 0 Å². The minimum absolute atomic E-state index is 0.235. The van der Waals surface area contributed by atoms with Gasteiger partial charge >= 0.3 is 5.97 Å². The maximum absolute atomic E-state index is 11.9. The first-order valence-corrected chi connectivity index (χ1v) is 7.16. The van der Waals surface area contributed by atoms with Gasteiger partial charge in [0.25, 0.3) is 0 Å². The lowest BCUT2D eigenvalue weighted by molar-refractivity contribution is 0.0473.